The molecule has 6 nitrogen and oxygen atoms in total. The van der Waals surface area contributed by atoms with Crippen LogP contribution in [0.15, 0.2) is 12.4 Å². The Balaban J connectivity index is 1.62. The van der Waals surface area contributed by atoms with Gasteiger partial charge in [0.05, 0.1) is 32.0 Å². The van der Waals surface area contributed by atoms with Crippen molar-refractivity contribution >= 4 is 5.91 Å². The Bertz CT molecular complexity index is 510. The zero-order valence-corrected chi connectivity index (χ0v) is 13.6. The first-order valence-corrected chi connectivity index (χ1v) is 8.26. The highest BCUT2D eigenvalue weighted by Gasteiger charge is 2.34. The summed E-state index contributed by atoms with van der Waals surface area (Å²) < 4.78 is 7.34. The van der Waals surface area contributed by atoms with E-state index in [0.717, 1.165) is 39.0 Å². The van der Waals surface area contributed by atoms with Crippen molar-refractivity contribution in [3.05, 3.63) is 18.0 Å². The molecule has 1 amide bonds. The van der Waals surface area contributed by atoms with E-state index in [1.165, 1.54) is 5.56 Å². The Morgan fingerprint density at radius 3 is 2.86 bits per heavy atom. The number of nitrogens with zero attached hydrogens (tertiary/aromatic N) is 4. The lowest BCUT2D eigenvalue weighted by Gasteiger charge is -2.35. The number of likely N-dealkylation sites (tertiary alicyclic amines) is 1. The predicted molar refractivity (Wildman–Crippen MR) is 83.6 cm³/mol. The lowest BCUT2D eigenvalue weighted by atomic mass is 10.1. The van der Waals surface area contributed by atoms with Crippen LogP contribution < -0.4 is 0 Å². The highest BCUT2D eigenvalue weighted by Crippen LogP contribution is 2.22. The van der Waals surface area contributed by atoms with Crippen molar-refractivity contribution in [2.24, 2.45) is 0 Å². The molecule has 2 aliphatic heterocycles. The molecule has 122 valence electrons. The zero-order chi connectivity index (χ0) is 15.5. The second kappa shape index (κ2) is 6.79. The van der Waals surface area contributed by atoms with Gasteiger partial charge in [0.25, 0.3) is 0 Å². The average Bonchev–Trinajstić information content (AvgIpc) is 3.16. The molecule has 1 aromatic rings. The number of carbonyl (C=O) groups excluding carboxylic acids is 1. The van der Waals surface area contributed by atoms with Crippen molar-refractivity contribution in [2.45, 2.75) is 45.3 Å². The summed E-state index contributed by atoms with van der Waals surface area (Å²) in [5.74, 6) is 0.242. The molecule has 6 heteroatoms. The topological polar surface area (TPSA) is 50.6 Å². The number of hydrogen-bond acceptors (Lipinski definition) is 4. The van der Waals surface area contributed by atoms with Gasteiger partial charge in [-0.3, -0.25) is 14.4 Å². The van der Waals surface area contributed by atoms with Gasteiger partial charge in [0.1, 0.15) is 0 Å². The predicted octanol–water partition coefficient (Wildman–Crippen LogP) is 0.903. The van der Waals surface area contributed by atoms with Crippen LogP contribution in [0.4, 0.5) is 0 Å². The van der Waals surface area contributed by atoms with Crippen LogP contribution in [0.3, 0.4) is 0 Å². The van der Waals surface area contributed by atoms with E-state index in [9.17, 15) is 4.79 Å². The number of aryl methyl sites for hydroxylation is 1. The molecule has 2 saturated heterocycles. The Morgan fingerprint density at radius 2 is 2.18 bits per heavy atom. The molecule has 22 heavy (non-hydrogen) atoms. The molecule has 0 unspecified atom stereocenters. The molecular weight excluding hydrogens is 280 g/mol. The molecular formula is C16H26N4O2. The quantitative estimate of drug-likeness (QED) is 0.829. The minimum atomic E-state index is -0.0535. The SMILES string of the molecule is Cc1cnn(C[C@H]2CCCN2[C@@H](C)C(=O)N2CCOCC2)c1. The van der Waals surface area contributed by atoms with Crippen LogP contribution in [0.25, 0.3) is 0 Å². The van der Waals surface area contributed by atoms with Crippen molar-refractivity contribution in [3.63, 3.8) is 0 Å². The molecule has 0 spiro atoms. The molecule has 0 aliphatic carbocycles. The standard InChI is InChI=1S/C16H26N4O2/c1-13-10-17-19(11-13)12-15-4-3-5-20(15)14(2)16(21)18-6-8-22-9-7-18/h10-11,14-15H,3-9,12H2,1-2H3/t14-,15+/m0/s1. The number of hydrogen-bond donors (Lipinski definition) is 0. The Hall–Kier alpha value is -1.40. The van der Waals surface area contributed by atoms with Crippen molar-refractivity contribution in [3.8, 4) is 0 Å². The number of ether oxygens (including phenoxy) is 1. The largest absolute Gasteiger partial charge is 0.378 e. The fraction of sp³-hybridized carbons (Fsp3) is 0.750. The second-order valence-corrected chi connectivity index (χ2v) is 6.39. The van der Waals surface area contributed by atoms with Gasteiger partial charge in [0.2, 0.25) is 5.91 Å². The van der Waals surface area contributed by atoms with Crippen LogP contribution in [0.2, 0.25) is 0 Å². The number of carbonyl (C=O) groups is 1. The molecule has 0 bridgehead atoms. The van der Waals surface area contributed by atoms with E-state index >= 15 is 0 Å². The Kier molecular flexibility index (Phi) is 4.78. The second-order valence-electron chi connectivity index (χ2n) is 6.39. The molecule has 2 fully saturated rings. The average molecular weight is 306 g/mol. The Labute approximate surface area is 132 Å². The third kappa shape index (κ3) is 3.33. The molecule has 0 aromatic carbocycles. The molecule has 0 radical (unpaired) electrons. The van der Waals surface area contributed by atoms with Crippen LogP contribution >= 0.6 is 0 Å². The number of morpholine rings is 1. The van der Waals surface area contributed by atoms with Crippen LogP contribution in [0, 0.1) is 6.92 Å². The summed E-state index contributed by atoms with van der Waals surface area (Å²) in [7, 11) is 0. The van der Waals surface area contributed by atoms with E-state index in [4.69, 9.17) is 4.74 Å². The van der Waals surface area contributed by atoms with Crippen molar-refractivity contribution in [2.75, 3.05) is 32.8 Å². The van der Waals surface area contributed by atoms with E-state index < -0.39 is 0 Å². The zero-order valence-electron chi connectivity index (χ0n) is 13.6. The van der Waals surface area contributed by atoms with Gasteiger partial charge in [-0.1, -0.05) is 0 Å². The molecule has 3 heterocycles. The molecule has 2 atom stereocenters. The van der Waals surface area contributed by atoms with Gasteiger partial charge in [-0.05, 0) is 38.8 Å². The monoisotopic (exact) mass is 306 g/mol. The highest BCUT2D eigenvalue weighted by molar-refractivity contribution is 5.81. The lowest BCUT2D eigenvalue weighted by Crippen LogP contribution is -2.52. The molecule has 3 rings (SSSR count). The summed E-state index contributed by atoms with van der Waals surface area (Å²) in [6, 6.07) is 0.349. The van der Waals surface area contributed by atoms with Gasteiger partial charge >= 0.3 is 0 Å². The van der Waals surface area contributed by atoms with E-state index in [-0.39, 0.29) is 11.9 Å². The first kappa shape index (κ1) is 15.5. The highest BCUT2D eigenvalue weighted by atomic mass is 16.5. The van der Waals surface area contributed by atoms with Crippen LogP contribution in [-0.4, -0.2) is 70.4 Å². The van der Waals surface area contributed by atoms with Gasteiger partial charge in [-0.15, -0.1) is 0 Å². The number of rotatable bonds is 4. The molecule has 0 N–H and O–H groups in total. The summed E-state index contributed by atoms with van der Waals surface area (Å²) in [6.07, 6.45) is 6.26. The lowest BCUT2D eigenvalue weighted by molar-refractivity contribution is -0.141. The smallest absolute Gasteiger partial charge is 0.239 e. The summed E-state index contributed by atoms with van der Waals surface area (Å²) >= 11 is 0. The van der Waals surface area contributed by atoms with Gasteiger partial charge < -0.3 is 9.64 Å². The third-order valence-corrected chi connectivity index (χ3v) is 4.76. The van der Waals surface area contributed by atoms with E-state index in [0.29, 0.717) is 19.3 Å². The van der Waals surface area contributed by atoms with E-state index in [1.54, 1.807) is 0 Å². The molecule has 2 aliphatic rings. The first-order valence-electron chi connectivity index (χ1n) is 8.26. The normalized spacial score (nSPS) is 24.6. The maximum atomic E-state index is 12.7. The fourth-order valence-electron chi connectivity index (χ4n) is 3.54. The molecule has 0 saturated carbocycles. The summed E-state index contributed by atoms with van der Waals surface area (Å²) in [6.45, 7) is 8.74. The van der Waals surface area contributed by atoms with Crippen LogP contribution in [-0.2, 0) is 16.1 Å². The van der Waals surface area contributed by atoms with Gasteiger partial charge in [0, 0.05) is 25.3 Å². The van der Waals surface area contributed by atoms with Gasteiger partial charge in [0.15, 0.2) is 0 Å². The minimum Gasteiger partial charge on any atom is -0.378 e. The summed E-state index contributed by atoms with van der Waals surface area (Å²) in [5, 5.41) is 4.39. The minimum absolute atomic E-state index is 0.0535. The van der Waals surface area contributed by atoms with Crippen molar-refractivity contribution in [1.29, 1.82) is 0 Å². The summed E-state index contributed by atoms with van der Waals surface area (Å²) in [4.78, 5) is 17.0. The van der Waals surface area contributed by atoms with Crippen molar-refractivity contribution < 1.29 is 9.53 Å². The first-order chi connectivity index (χ1) is 10.6. The van der Waals surface area contributed by atoms with Crippen LogP contribution in [0.1, 0.15) is 25.3 Å². The molecule has 1 aromatic heterocycles. The maximum absolute atomic E-state index is 12.7. The summed E-state index contributed by atoms with van der Waals surface area (Å²) in [5.41, 5.74) is 1.18. The Morgan fingerprint density at radius 1 is 1.41 bits per heavy atom. The maximum Gasteiger partial charge on any atom is 0.239 e. The van der Waals surface area contributed by atoms with Gasteiger partial charge in [-0.2, -0.15) is 5.10 Å². The number of amides is 1. The van der Waals surface area contributed by atoms with Crippen LogP contribution in [0.5, 0.6) is 0 Å². The fourth-order valence-corrected chi connectivity index (χ4v) is 3.54. The third-order valence-electron chi connectivity index (χ3n) is 4.76. The number of aromatic nitrogens is 2. The van der Waals surface area contributed by atoms with Crippen molar-refractivity contribution in [1.82, 2.24) is 19.6 Å². The van der Waals surface area contributed by atoms with E-state index in [1.807, 2.05) is 22.7 Å². The van der Waals surface area contributed by atoms with E-state index in [2.05, 4.69) is 23.1 Å². The van der Waals surface area contributed by atoms with Gasteiger partial charge in [-0.25, -0.2) is 0 Å².